The summed E-state index contributed by atoms with van der Waals surface area (Å²) < 4.78 is 0. The van der Waals surface area contributed by atoms with Crippen molar-refractivity contribution in [2.45, 2.75) is 39.0 Å². The van der Waals surface area contributed by atoms with Gasteiger partial charge in [0.1, 0.15) is 0 Å². The van der Waals surface area contributed by atoms with Crippen LogP contribution in [0.5, 0.6) is 0 Å². The summed E-state index contributed by atoms with van der Waals surface area (Å²) in [5.74, 6) is 0. The number of carbonyl (C=O) groups excluding carboxylic acids is 1. The topological polar surface area (TPSA) is 44.4 Å². The average molecular weight is 227 g/mol. The van der Waals surface area contributed by atoms with E-state index in [0.29, 0.717) is 0 Å². The molecule has 2 amide bonds. The van der Waals surface area contributed by atoms with E-state index in [-0.39, 0.29) is 6.03 Å². The number of piperidine rings is 1. The fourth-order valence-electron chi connectivity index (χ4n) is 1.95. The van der Waals surface area contributed by atoms with E-state index < -0.39 is 0 Å². The van der Waals surface area contributed by atoms with Crippen LogP contribution in [0.15, 0.2) is 0 Å². The first kappa shape index (κ1) is 13.3. The van der Waals surface area contributed by atoms with Gasteiger partial charge in [0.15, 0.2) is 0 Å². The van der Waals surface area contributed by atoms with Crippen LogP contribution in [0.2, 0.25) is 0 Å². The van der Waals surface area contributed by atoms with Crippen molar-refractivity contribution < 1.29 is 4.79 Å². The number of unbranched alkanes of at least 4 members (excludes halogenated alkanes) is 1. The van der Waals surface area contributed by atoms with E-state index in [1.165, 1.54) is 32.4 Å². The molecule has 0 spiro atoms. The van der Waals surface area contributed by atoms with Gasteiger partial charge in [-0.1, -0.05) is 19.8 Å². The highest BCUT2D eigenvalue weighted by Gasteiger charge is 2.09. The first-order chi connectivity index (χ1) is 7.83. The van der Waals surface area contributed by atoms with E-state index in [4.69, 9.17) is 0 Å². The Kier molecular flexibility index (Phi) is 6.97. The number of nitrogens with one attached hydrogen (secondary N) is 2. The van der Waals surface area contributed by atoms with Crippen LogP contribution in [0, 0.1) is 0 Å². The van der Waals surface area contributed by atoms with Gasteiger partial charge in [0, 0.05) is 19.6 Å². The second-order valence-electron chi connectivity index (χ2n) is 4.44. The Balaban J connectivity index is 1.94. The highest BCUT2D eigenvalue weighted by Crippen LogP contribution is 2.07. The predicted molar refractivity (Wildman–Crippen MR) is 66.6 cm³/mol. The molecule has 1 rings (SSSR count). The van der Waals surface area contributed by atoms with Crippen molar-refractivity contribution in [3.05, 3.63) is 0 Å². The molecular formula is C12H25N3O. The van der Waals surface area contributed by atoms with E-state index in [9.17, 15) is 4.79 Å². The van der Waals surface area contributed by atoms with Gasteiger partial charge in [-0.3, -0.25) is 0 Å². The van der Waals surface area contributed by atoms with Gasteiger partial charge in [0.05, 0.1) is 0 Å². The first-order valence-electron chi connectivity index (χ1n) is 6.57. The van der Waals surface area contributed by atoms with Crippen LogP contribution < -0.4 is 10.6 Å². The van der Waals surface area contributed by atoms with Crippen LogP contribution in [-0.2, 0) is 0 Å². The smallest absolute Gasteiger partial charge is 0.314 e. The summed E-state index contributed by atoms with van der Waals surface area (Å²) in [5.41, 5.74) is 0. The van der Waals surface area contributed by atoms with Gasteiger partial charge in [0.25, 0.3) is 0 Å². The van der Waals surface area contributed by atoms with Crippen LogP contribution in [0.25, 0.3) is 0 Å². The Bertz CT molecular complexity index is 191. The number of amides is 2. The number of rotatable bonds is 6. The second kappa shape index (κ2) is 8.39. The molecule has 94 valence electrons. The van der Waals surface area contributed by atoms with Crippen molar-refractivity contribution in [1.82, 2.24) is 15.5 Å². The molecule has 0 aromatic heterocycles. The summed E-state index contributed by atoms with van der Waals surface area (Å²) in [6, 6.07) is -0.0227. The van der Waals surface area contributed by atoms with E-state index >= 15 is 0 Å². The number of urea groups is 1. The molecule has 1 fully saturated rings. The zero-order valence-corrected chi connectivity index (χ0v) is 10.4. The molecule has 0 saturated carbocycles. The Labute approximate surface area is 98.8 Å². The third-order valence-corrected chi connectivity index (χ3v) is 2.98. The minimum absolute atomic E-state index is 0.0227. The maximum absolute atomic E-state index is 11.3. The fourth-order valence-corrected chi connectivity index (χ4v) is 1.95. The number of hydrogen-bond donors (Lipinski definition) is 2. The molecule has 1 aliphatic rings. The molecule has 4 nitrogen and oxygen atoms in total. The fraction of sp³-hybridized carbons (Fsp3) is 0.917. The van der Waals surface area contributed by atoms with Gasteiger partial charge in [-0.2, -0.15) is 0 Å². The zero-order chi connectivity index (χ0) is 11.6. The largest absolute Gasteiger partial charge is 0.338 e. The van der Waals surface area contributed by atoms with Gasteiger partial charge >= 0.3 is 6.03 Å². The molecule has 16 heavy (non-hydrogen) atoms. The van der Waals surface area contributed by atoms with Gasteiger partial charge < -0.3 is 15.5 Å². The van der Waals surface area contributed by atoms with Crippen molar-refractivity contribution in [1.29, 1.82) is 0 Å². The quantitative estimate of drug-likeness (QED) is 0.677. The van der Waals surface area contributed by atoms with E-state index in [2.05, 4.69) is 22.5 Å². The lowest BCUT2D eigenvalue weighted by molar-refractivity contribution is 0.220. The summed E-state index contributed by atoms with van der Waals surface area (Å²) in [6.07, 6.45) is 6.15. The van der Waals surface area contributed by atoms with E-state index in [1.54, 1.807) is 0 Å². The normalized spacial score (nSPS) is 17.1. The number of hydrogen-bond acceptors (Lipinski definition) is 2. The highest BCUT2D eigenvalue weighted by molar-refractivity contribution is 5.73. The summed E-state index contributed by atoms with van der Waals surface area (Å²) in [5, 5.41) is 5.75. The lowest BCUT2D eigenvalue weighted by Gasteiger charge is -2.26. The molecule has 4 heteroatoms. The van der Waals surface area contributed by atoms with Crippen molar-refractivity contribution in [3.8, 4) is 0 Å². The molecule has 0 atom stereocenters. The van der Waals surface area contributed by atoms with Gasteiger partial charge in [-0.05, 0) is 32.4 Å². The lowest BCUT2D eigenvalue weighted by atomic mass is 10.1. The standard InChI is InChI=1S/C12H25N3O/c1-2-3-7-13-12(16)14-8-11-15-9-5-4-6-10-15/h2-11H2,1H3,(H2,13,14,16). The van der Waals surface area contributed by atoms with Gasteiger partial charge in [-0.15, -0.1) is 0 Å². The Morgan fingerprint density at radius 1 is 1.12 bits per heavy atom. The Morgan fingerprint density at radius 2 is 1.81 bits per heavy atom. The Morgan fingerprint density at radius 3 is 2.50 bits per heavy atom. The molecule has 0 aromatic carbocycles. The van der Waals surface area contributed by atoms with Crippen molar-refractivity contribution >= 4 is 6.03 Å². The summed E-state index contributed by atoms with van der Waals surface area (Å²) in [4.78, 5) is 13.7. The van der Waals surface area contributed by atoms with Crippen LogP contribution in [0.1, 0.15) is 39.0 Å². The molecule has 1 saturated heterocycles. The second-order valence-corrected chi connectivity index (χ2v) is 4.44. The summed E-state index contributed by atoms with van der Waals surface area (Å²) >= 11 is 0. The van der Waals surface area contributed by atoms with Crippen molar-refractivity contribution in [3.63, 3.8) is 0 Å². The van der Waals surface area contributed by atoms with Crippen molar-refractivity contribution in [2.24, 2.45) is 0 Å². The van der Waals surface area contributed by atoms with E-state index in [0.717, 1.165) is 32.5 Å². The third kappa shape index (κ3) is 5.95. The van der Waals surface area contributed by atoms with Crippen molar-refractivity contribution in [2.75, 3.05) is 32.7 Å². The SMILES string of the molecule is CCCCNC(=O)NCCN1CCCCC1. The summed E-state index contributed by atoms with van der Waals surface area (Å²) in [6.45, 7) is 7.04. The molecule has 1 aliphatic heterocycles. The van der Waals surface area contributed by atoms with Crippen LogP contribution in [-0.4, -0.2) is 43.7 Å². The van der Waals surface area contributed by atoms with Crippen LogP contribution in [0.4, 0.5) is 4.79 Å². The molecule has 0 aromatic rings. The predicted octanol–water partition coefficient (Wildman–Crippen LogP) is 1.57. The maximum Gasteiger partial charge on any atom is 0.314 e. The maximum atomic E-state index is 11.3. The Hall–Kier alpha value is -0.770. The van der Waals surface area contributed by atoms with Gasteiger partial charge in [0.2, 0.25) is 0 Å². The average Bonchev–Trinajstić information content (AvgIpc) is 2.31. The monoisotopic (exact) mass is 227 g/mol. The molecule has 0 radical (unpaired) electrons. The van der Waals surface area contributed by atoms with Gasteiger partial charge in [-0.25, -0.2) is 4.79 Å². The number of nitrogens with zero attached hydrogens (tertiary/aromatic N) is 1. The molecule has 0 aliphatic carbocycles. The molecule has 0 bridgehead atoms. The highest BCUT2D eigenvalue weighted by atomic mass is 16.2. The number of likely N-dealkylation sites (tertiary alicyclic amines) is 1. The van der Waals surface area contributed by atoms with E-state index in [1.807, 2.05) is 0 Å². The lowest BCUT2D eigenvalue weighted by Crippen LogP contribution is -2.41. The number of carbonyl (C=O) groups is 1. The zero-order valence-electron chi connectivity index (χ0n) is 10.4. The van der Waals surface area contributed by atoms with Crippen LogP contribution in [0.3, 0.4) is 0 Å². The summed E-state index contributed by atoms with van der Waals surface area (Å²) in [7, 11) is 0. The molecular weight excluding hydrogens is 202 g/mol. The van der Waals surface area contributed by atoms with Crippen LogP contribution >= 0.6 is 0 Å². The molecule has 2 N–H and O–H groups in total. The first-order valence-corrected chi connectivity index (χ1v) is 6.57. The molecule has 0 unspecified atom stereocenters. The minimum Gasteiger partial charge on any atom is -0.338 e. The minimum atomic E-state index is -0.0227. The molecule has 1 heterocycles. The third-order valence-electron chi connectivity index (χ3n) is 2.98.